The number of hydrogen-bond donors (Lipinski definition) is 5. The Morgan fingerprint density at radius 2 is 1.91 bits per heavy atom. The molecule has 5 N–H and O–H groups in total. The van der Waals surface area contributed by atoms with Crippen molar-refractivity contribution in [3.05, 3.63) is 76.8 Å². The molecule has 4 rings (SSSR count). The zero-order valence-electron chi connectivity index (χ0n) is 17.9. The molecule has 2 aromatic carbocycles. The molecule has 1 aliphatic rings. The van der Waals surface area contributed by atoms with E-state index in [-0.39, 0.29) is 11.9 Å². The maximum Gasteiger partial charge on any atom is 0.328 e. The highest BCUT2D eigenvalue weighted by atomic mass is 19.1. The Balaban J connectivity index is 0.000000312. The number of nitrogens with one attached hydrogen (secondary N) is 3. The second kappa shape index (κ2) is 10.1. The number of carbonyl (C=O) groups is 2. The van der Waals surface area contributed by atoms with Crippen molar-refractivity contribution in [1.82, 2.24) is 10.3 Å². The number of H-pyrrole nitrogens is 1. The molecule has 0 saturated heterocycles. The van der Waals surface area contributed by atoms with Crippen molar-refractivity contribution in [2.24, 2.45) is 0 Å². The Labute approximate surface area is 185 Å². The quantitative estimate of drug-likeness (QED) is 0.387. The highest BCUT2D eigenvalue weighted by Crippen LogP contribution is 2.34. The minimum atomic E-state index is -1.26. The van der Waals surface area contributed by atoms with E-state index in [4.69, 9.17) is 10.2 Å². The van der Waals surface area contributed by atoms with E-state index in [1.807, 2.05) is 26.1 Å². The van der Waals surface area contributed by atoms with E-state index in [1.165, 1.54) is 5.56 Å². The van der Waals surface area contributed by atoms with Crippen LogP contribution >= 0.6 is 0 Å². The molecule has 0 aliphatic carbocycles. The molecule has 1 aromatic heterocycles. The van der Waals surface area contributed by atoms with Gasteiger partial charge in [-0.2, -0.15) is 0 Å². The van der Waals surface area contributed by atoms with Gasteiger partial charge in [0.1, 0.15) is 5.82 Å². The van der Waals surface area contributed by atoms with Gasteiger partial charge < -0.3 is 25.8 Å². The number of aromatic amines is 1. The number of carboxylic acid groups (broad SMARTS) is 2. The van der Waals surface area contributed by atoms with Crippen LogP contribution in [-0.2, 0) is 22.4 Å². The Hall–Kier alpha value is -3.65. The first-order valence-corrected chi connectivity index (χ1v) is 10.2. The average molecular weight is 439 g/mol. The van der Waals surface area contributed by atoms with E-state index in [0.717, 1.165) is 47.2 Å². The van der Waals surface area contributed by atoms with E-state index in [2.05, 4.69) is 39.9 Å². The highest BCUT2D eigenvalue weighted by molar-refractivity contribution is 5.89. The summed E-state index contributed by atoms with van der Waals surface area (Å²) in [7, 11) is 1.93. The predicted molar refractivity (Wildman–Crippen MR) is 122 cm³/mol. The summed E-state index contributed by atoms with van der Waals surface area (Å²) in [5, 5.41) is 23.2. The van der Waals surface area contributed by atoms with Crippen molar-refractivity contribution in [1.29, 1.82) is 0 Å². The number of fused-ring (bicyclic) bond motifs is 3. The van der Waals surface area contributed by atoms with Gasteiger partial charge >= 0.3 is 11.9 Å². The molecule has 0 amide bonds. The maximum absolute atomic E-state index is 14.6. The number of benzene rings is 2. The van der Waals surface area contributed by atoms with Crippen LogP contribution in [0.4, 0.5) is 10.1 Å². The summed E-state index contributed by atoms with van der Waals surface area (Å²) >= 11 is 0. The van der Waals surface area contributed by atoms with Crippen LogP contribution < -0.4 is 10.6 Å². The van der Waals surface area contributed by atoms with E-state index in [1.54, 1.807) is 0 Å². The molecule has 0 spiro atoms. The summed E-state index contributed by atoms with van der Waals surface area (Å²) in [5.41, 5.74) is 6.27. The van der Waals surface area contributed by atoms with Crippen molar-refractivity contribution in [2.75, 3.05) is 18.9 Å². The van der Waals surface area contributed by atoms with Gasteiger partial charge in [0, 0.05) is 41.5 Å². The molecule has 1 unspecified atom stereocenters. The van der Waals surface area contributed by atoms with Crippen LogP contribution in [0.15, 0.2) is 48.6 Å². The SMILES string of the molecule is CNc1cccc(CC2NCCc3c2[nH]c2ccc(C)c(F)c32)c1.O=C(O)/C=C\C(=O)O. The highest BCUT2D eigenvalue weighted by Gasteiger charge is 2.26. The molecule has 168 valence electrons. The first-order valence-electron chi connectivity index (χ1n) is 10.2. The number of aryl methyl sites for hydroxylation is 1. The zero-order chi connectivity index (χ0) is 23.3. The number of aliphatic carboxylic acids is 2. The number of halogens is 1. The summed E-state index contributed by atoms with van der Waals surface area (Å²) in [4.78, 5) is 22.6. The second-order valence-corrected chi connectivity index (χ2v) is 7.56. The molecule has 0 fully saturated rings. The summed E-state index contributed by atoms with van der Waals surface area (Å²) in [5.74, 6) is -2.59. The standard InChI is InChI=1S/C20H22FN3.C4H4O4/c1-12-6-7-16-18(19(12)21)15-8-9-23-17(20(15)24-16)11-13-4-3-5-14(10-13)22-2;5-3(6)1-2-4(7)8/h3-7,10,17,22-24H,8-9,11H2,1-2H3;1-2H,(H,5,6)(H,7,8)/b;2-1-. The maximum atomic E-state index is 14.6. The molecule has 32 heavy (non-hydrogen) atoms. The van der Waals surface area contributed by atoms with Gasteiger partial charge in [0.15, 0.2) is 0 Å². The minimum Gasteiger partial charge on any atom is -0.478 e. The van der Waals surface area contributed by atoms with Crippen molar-refractivity contribution >= 4 is 28.5 Å². The summed E-state index contributed by atoms with van der Waals surface area (Å²) in [6.07, 6.45) is 2.86. The van der Waals surface area contributed by atoms with Gasteiger partial charge in [-0.25, -0.2) is 14.0 Å². The number of aromatic nitrogens is 1. The van der Waals surface area contributed by atoms with Crippen LogP contribution in [0.5, 0.6) is 0 Å². The molecular formula is C24H26FN3O4. The molecular weight excluding hydrogens is 413 g/mol. The van der Waals surface area contributed by atoms with Crippen LogP contribution in [-0.4, -0.2) is 40.7 Å². The molecule has 0 radical (unpaired) electrons. The number of hydrogen-bond acceptors (Lipinski definition) is 4. The fourth-order valence-electron chi connectivity index (χ4n) is 3.87. The molecule has 7 nitrogen and oxygen atoms in total. The fraction of sp³-hybridized carbons (Fsp3) is 0.250. The molecule has 0 saturated carbocycles. The Morgan fingerprint density at radius 3 is 2.56 bits per heavy atom. The Bertz CT molecular complexity index is 1150. The first-order chi connectivity index (χ1) is 15.3. The second-order valence-electron chi connectivity index (χ2n) is 7.56. The van der Waals surface area contributed by atoms with Crippen LogP contribution in [0.2, 0.25) is 0 Å². The summed E-state index contributed by atoms with van der Waals surface area (Å²) in [6.45, 7) is 2.71. The number of carboxylic acids is 2. The lowest BCUT2D eigenvalue weighted by atomic mass is 9.94. The van der Waals surface area contributed by atoms with Crippen LogP contribution in [0.1, 0.15) is 28.4 Å². The van der Waals surface area contributed by atoms with Crippen molar-refractivity contribution in [2.45, 2.75) is 25.8 Å². The van der Waals surface area contributed by atoms with E-state index in [9.17, 15) is 14.0 Å². The monoisotopic (exact) mass is 439 g/mol. The third-order valence-corrected chi connectivity index (χ3v) is 5.37. The fourth-order valence-corrected chi connectivity index (χ4v) is 3.87. The average Bonchev–Trinajstić information content (AvgIpc) is 3.16. The van der Waals surface area contributed by atoms with Gasteiger partial charge in [0.2, 0.25) is 0 Å². The molecule has 1 aliphatic heterocycles. The van der Waals surface area contributed by atoms with E-state index in [0.29, 0.717) is 17.7 Å². The molecule has 3 aromatic rings. The predicted octanol–water partition coefficient (Wildman–Crippen LogP) is 3.80. The topological polar surface area (TPSA) is 114 Å². The summed E-state index contributed by atoms with van der Waals surface area (Å²) in [6, 6.07) is 12.5. The van der Waals surface area contributed by atoms with Crippen LogP contribution in [0, 0.1) is 12.7 Å². The van der Waals surface area contributed by atoms with Gasteiger partial charge in [-0.1, -0.05) is 18.2 Å². The lowest BCUT2D eigenvalue weighted by Gasteiger charge is -2.24. The number of anilines is 1. The van der Waals surface area contributed by atoms with Gasteiger partial charge in [-0.05, 0) is 61.2 Å². The van der Waals surface area contributed by atoms with E-state index >= 15 is 0 Å². The van der Waals surface area contributed by atoms with Gasteiger partial charge in [-0.3, -0.25) is 0 Å². The largest absolute Gasteiger partial charge is 0.478 e. The minimum absolute atomic E-state index is 0.0807. The third kappa shape index (κ3) is 5.33. The Morgan fingerprint density at radius 1 is 1.19 bits per heavy atom. The van der Waals surface area contributed by atoms with Crippen molar-refractivity contribution in [3.8, 4) is 0 Å². The Kier molecular flexibility index (Phi) is 7.27. The molecule has 0 bridgehead atoms. The summed E-state index contributed by atoms with van der Waals surface area (Å²) < 4.78 is 14.6. The molecule has 1 atom stereocenters. The van der Waals surface area contributed by atoms with E-state index < -0.39 is 11.9 Å². The number of rotatable bonds is 5. The molecule has 2 heterocycles. The zero-order valence-corrected chi connectivity index (χ0v) is 17.9. The van der Waals surface area contributed by atoms with Crippen molar-refractivity contribution in [3.63, 3.8) is 0 Å². The van der Waals surface area contributed by atoms with Crippen LogP contribution in [0.25, 0.3) is 10.9 Å². The smallest absolute Gasteiger partial charge is 0.328 e. The van der Waals surface area contributed by atoms with Gasteiger partial charge in [0.25, 0.3) is 0 Å². The van der Waals surface area contributed by atoms with Crippen molar-refractivity contribution < 1.29 is 24.2 Å². The van der Waals surface area contributed by atoms with Gasteiger partial charge in [0.05, 0.1) is 6.04 Å². The lowest BCUT2D eigenvalue weighted by molar-refractivity contribution is -0.134. The molecule has 8 heteroatoms. The lowest BCUT2D eigenvalue weighted by Crippen LogP contribution is -2.31. The van der Waals surface area contributed by atoms with Gasteiger partial charge in [-0.15, -0.1) is 0 Å². The normalized spacial score (nSPS) is 15.2. The van der Waals surface area contributed by atoms with Crippen LogP contribution in [0.3, 0.4) is 0 Å². The third-order valence-electron chi connectivity index (χ3n) is 5.37. The first kappa shape index (κ1) is 23.0.